The first-order chi connectivity index (χ1) is 10.1. The fraction of sp³-hybridized carbons (Fsp3) is 0.471. The van der Waals surface area contributed by atoms with Crippen molar-refractivity contribution in [1.29, 1.82) is 0 Å². The van der Waals surface area contributed by atoms with Gasteiger partial charge in [-0.05, 0) is 59.5 Å². The molecule has 1 heterocycles. The number of aromatic nitrogens is 2. The third kappa shape index (κ3) is 3.86. The molecule has 114 valence electrons. The number of nitrogens with zero attached hydrogens (tertiary/aromatic N) is 2. The Morgan fingerprint density at radius 2 is 1.95 bits per heavy atom. The average molecular weight is 397 g/mol. The molecule has 0 fully saturated rings. The van der Waals surface area contributed by atoms with Crippen LogP contribution in [0, 0.1) is 10.5 Å². The van der Waals surface area contributed by atoms with E-state index < -0.39 is 0 Å². The maximum absolute atomic E-state index is 6.39. The minimum atomic E-state index is 0.00172. The Morgan fingerprint density at radius 3 is 2.62 bits per heavy atom. The summed E-state index contributed by atoms with van der Waals surface area (Å²) >= 11 is 2.39. The minimum Gasteiger partial charge on any atom is -0.324 e. The smallest absolute Gasteiger partial charge is 0.0643 e. The molecule has 0 bridgehead atoms. The minimum absolute atomic E-state index is 0.00172. The molecule has 0 saturated heterocycles. The molecular formula is C17H24IN3. The number of nitrogens with two attached hydrogens (primary N) is 1. The summed E-state index contributed by atoms with van der Waals surface area (Å²) in [5, 5.41) is 4.70. The Balaban J connectivity index is 2.13. The Labute approximate surface area is 141 Å². The van der Waals surface area contributed by atoms with Crippen molar-refractivity contribution in [3.63, 3.8) is 0 Å². The lowest BCUT2D eigenvalue weighted by atomic mass is 10.0. The van der Waals surface area contributed by atoms with Gasteiger partial charge in [0.1, 0.15) is 0 Å². The molecule has 2 rings (SSSR count). The number of aryl methyl sites for hydroxylation is 1. The number of benzene rings is 1. The highest BCUT2D eigenvalue weighted by Crippen LogP contribution is 2.24. The van der Waals surface area contributed by atoms with Crippen molar-refractivity contribution in [2.75, 3.05) is 0 Å². The summed E-state index contributed by atoms with van der Waals surface area (Å²) < 4.78 is 3.35. The Bertz CT molecular complexity index is 587. The maximum Gasteiger partial charge on any atom is 0.0643 e. The van der Waals surface area contributed by atoms with Crippen LogP contribution < -0.4 is 5.73 Å². The van der Waals surface area contributed by atoms with Crippen LogP contribution in [-0.4, -0.2) is 9.78 Å². The zero-order valence-corrected chi connectivity index (χ0v) is 15.2. The molecule has 1 unspecified atom stereocenters. The van der Waals surface area contributed by atoms with Gasteiger partial charge in [0.15, 0.2) is 0 Å². The molecule has 2 aromatic rings. The van der Waals surface area contributed by atoms with Crippen LogP contribution in [0.1, 0.15) is 55.6 Å². The van der Waals surface area contributed by atoms with Crippen LogP contribution in [0.2, 0.25) is 0 Å². The second kappa shape index (κ2) is 7.40. The largest absolute Gasteiger partial charge is 0.324 e. The Hall–Kier alpha value is -0.880. The molecule has 0 spiro atoms. The normalized spacial score (nSPS) is 12.9. The summed E-state index contributed by atoms with van der Waals surface area (Å²) in [4.78, 5) is 0. The molecule has 0 amide bonds. The summed E-state index contributed by atoms with van der Waals surface area (Å²) in [6, 6.07) is 8.92. The molecule has 1 aromatic heterocycles. The summed E-state index contributed by atoms with van der Waals surface area (Å²) in [5.41, 5.74) is 9.97. The lowest BCUT2D eigenvalue weighted by Gasteiger charge is -2.15. The summed E-state index contributed by atoms with van der Waals surface area (Å²) in [6.07, 6.45) is 5.09. The molecule has 2 N–H and O–H groups in total. The van der Waals surface area contributed by atoms with Gasteiger partial charge in [0.2, 0.25) is 0 Å². The fourth-order valence-corrected chi connectivity index (χ4v) is 3.40. The van der Waals surface area contributed by atoms with Crippen LogP contribution in [0.25, 0.3) is 0 Å². The zero-order valence-electron chi connectivity index (χ0n) is 13.0. The first kappa shape index (κ1) is 16.5. The van der Waals surface area contributed by atoms with Crippen LogP contribution >= 0.6 is 22.6 Å². The van der Waals surface area contributed by atoms with Crippen LogP contribution in [0.5, 0.6) is 0 Å². The zero-order chi connectivity index (χ0) is 15.4. The van der Waals surface area contributed by atoms with E-state index in [2.05, 4.69) is 78.5 Å². The third-order valence-corrected chi connectivity index (χ3v) is 5.50. The standard InChI is InChI=1S/C17H24IN3/c1-4-14(5-2)21-10-9-13(20-21)11-16(19)15-8-6-7-12(3)17(15)18/h6-10,14,16H,4-5,11,19H2,1-3H3. The van der Waals surface area contributed by atoms with Gasteiger partial charge >= 0.3 is 0 Å². The van der Waals surface area contributed by atoms with Crippen molar-refractivity contribution in [2.45, 2.75) is 52.1 Å². The van der Waals surface area contributed by atoms with Gasteiger partial charge in [-0.2, -0.15) is 5.10 Å². The number of hydrogen-bond acceptors (Lipinski definition) is 2. The maximum atomic E-state index is 6.39. The molecule has 0 aliphatic heterocycles. The van der Waals surface area contributed by atoms with E-state index in [-0.39, 0.29) is 6.04 Å². The van der Waals surface area contributed by atoms with Crippen LogP contribution in [0.3, 0.4) is 0 Å². The molecule has 0 radical (unpaired) electrons. The van der Waals surface area contributed by atoms with E-state index >= 15 is 0 Å². The number of halogens is 1. The van der Waals surface area contributed by atoms with Crippen molar-refractivity contribution >= 4 is 22.6 Å². The van der Waals surface area contributed by atoms with Crippen molar-refractivity contribution in [2.24, 2.45) is 5.73 Å². The summed E-state index contributed by atoms with van der Waals surface area (Å²) in [5.74, 6) is 0. The molecular weight excluding hydrogens is 373 g/mol. The Kier molecular flexibility index (Phi) is 5.81. The lowest BCUT2D eigenvalue weighted by molar-refractivity contribution is 0.424. The summed E-state index contributed by atoms with van der Waals surface area (Å²) in [7, 11) is 0. The van der Waals surface area contributed by atoms with Crippen molar-refractivity contribution in [3.8, 4) is 0 Å². The van der Waals surface area contributed by atoms with Gasteiger partial charge in [-0.15, -0.1) is 0 Å². The molecule has 4 heteroatoms. The van der Waals surface area contributed by atoms with E-state index in [0.717, 1.165) is 25.0 Å². The van der Waals surface area contributed by atoms with Crippen molar-refractivity contribution < 1.29 is 0 Å². The van der Waals surface area contributed by atoms with Crippen LogP contribution in [0.15, 0.2) is 30.5 Å². The van der Waals surface area contributed by atoms with Gasteiger partial charge in [0.25, 0.3) is 0 Å². The monoisotopic (exact) mass is 397 g/mol. The van der Waals surface area contributed by atoms with E-state index in [1.54, 1.807) is 0 Å². The first-order valence-corrected chi connectivity index (χ1v) is 8.69. The van der Waals surface area contributed by atoms with E-state index in [1.807, 2.05) is 0 Å². The van der Waals surface area contributed by atoms with Gasteiger partial charge < -0.3 is 5.73 Å². The van der Waals surface area contributed by atoms with E-state index in [4.69, 9.17) is 10.8 Å². The molecule has 0 aliphatic rings. The highest BCUT2D eigenvalue weighted by Gasteiger charge is 2.14. The van der Waals surface area contributed by atoms with Gasteiger partial charge in [0.05, 0.1) is 11.7 Å². The quantitative estimate of drug-likeness (QED) is 0.735. The van der Waals surface area contributed by atoms with Crippen molar-refractivity contribution in [3.05, 3.63) is 50.9 Å². The number of rotatable bonds is 6. The fourth-order valence-electron chi connectivity index (χ4n) is 2.64. The van der Waals surface area contributed by atoms with Gasteiger partial charge in [0, 0.05) is 22.2 Å². The first-order valence-electron chi connectivity index (χ1n) is 7.61. The third-order valence-electron chi connectivity index (χ3n) is 4.03. The van der Waals surface area contributed by atoms with Gasteiger partial charge in [-0.1, -0.05) is 32.0 Å². The predicted molar refractivity (Wildman–Crippen MR) is 96.4 cm³/mol. The molecule has 1 atom stereocenters. The lowest BCUT2D eigenvalue weighted by Crippen LogP contribution is -2.16. The van der Waals surface area contributed by atoms with Crippen LogP contribution in [-0.2, 0) is 6.42 Å². The second-order valence-electron chi connectivity index (χ2n) is 5.55. The Morgan fingerprint density at radius 1 is 1.24 bits per heavy atom. The number of hydrogen-bond donors (Lipinski definition) is 1. The van der Waals surface area contributed by atoms with Gasteiger partial charge in [-0.25, -0.2) is 0 Å². The van der Waals surface area contributed by atoms with Crippen molar-refractivity contribution in [1.82, 2.24) is 9.78 Å². The second-order valence-corrected chi connectivity index (χ2v) is 6.62. The van der Waals surface area contributed by atoms with Crippen LogP contribution in [0.4, 0.5) is 0 Å². The molecule has 0 saturated carbocycles. The van der Waals surface area contributed by atoms with Gasteiger partial charge in [-0.3, -0.25) is 4.68 Å². The topological polar surface area (TPSA) is 43.8 Å². The van der Waals surface area contributed by atoms with E-state index in [0.29, 0.717) is 6.04 Å². The van der Waals surface area contributed by atoms with E-state index in [9.17, 15) is 0 Å². The highest BCUT2D eigenvalue weighted by atomic mass is 127. The molecule has 21 heavy (non-hydrogen) atoms. The summed E-state index contributed by atoms with van der Waals surface area (Å²) in [6.45, 7) is 6.53. The SMILES string of the molecule is CCC(CC)n1ccc(CC(N)c2cccc(C)c2I)n1. The highest BCUT2D eigenvalue weighted by molar-refractivity contribution is 14.1. The molecule has 1 aromatic carbocycles. The molecule has 3 nitrogen and oxygen atoms in total. The molecule has 0 aliphatic carbocycles. The predicted octanol–water partition coefficient (Wildman–Crippen LogP) is 4.40. The van der Waals surface area contributed by atoms with E-state index in [1.165, 1.54) is 14.7 Å². The average Bonchev–Trinajstić information content (AvgIpc) is 2.91.